The molecule has 2 aromatic carbocycles. The van der Waals surface area contributed by atoms with Gasteiger partial charge in [-0.05, 0) is 31.0 Å². The van der Waals surface area contributed by atoms with Crippen molar-refractivity contribution in [3.63, 3.8) is 0 Å². The number of carbonyl (C=O) groups excluding carboxylic acids is 1. The molecule has 0 aromatic heterocycles. The molecule has 2 heterocycles. The van der Waals surface area contributed by atoms with E-state index in [-0.39, 0.29) is 12.6 Å². The summed E-state index contributed by atoms with van der Waals surface area (Å²) in [7, 11) is 0. The molecule has 0 bridgehead atoms. The Morgan fingerprint density at radius 2 is 1.86 bits per heavy atom. The topological polar surface area (TPSA) is 38.8 Å². The Bertz CT molecular complexity index is 955. The number of amides is 1. The molecule has 7 heteroatoms. The molecule has 1 fully saturated rings. The number of benzene rings is 2. The highest BCUT2D eigenvalue weighted by molar-refractivity contribution is 5.95. The van der Waals surface area contributed by atoms with Gasteiger partial charge in [0.05, 0.1) is 25.3 Å². The molecule has 0 saturated heterocycles. The Morgan fingerprint density at radius 1 is 1.07 bits per heavy atom. The first-order chi connectivity index (χ1) is 13.5. The van der Waals surface area contributed by atoms with Gasteiger partial charge in [-0.25, -0.2) is 13.2 Å². The summed E-state index contributed by atoms with van der Waals surface area (Å²) in [6.45, 7) is 1.37. The van der Waals surface area contributed by atoms with Crippen molar-refractivity contribution < 1.29 is 27.4 Å². The smallest absolute Gasteiger partial charge is 0.257 e. The fraction of sp³-hybridized carbons (Fsp3) is 0.381. The predicted octanol–water partition coefficient (Wildman–Crippen LogP) is 3.78. The van der Waals surface area contributed by atoms with Crippen LogP contribution in [0.3, 0.4) is 0 Å². The average Bonchev–Trinajstić information content (AvgIpc) is 3.22. The van der Waals surface area contributed by atoms with E-state index in [1.54, 1.807) is 4.90 Å². The summed E-state index contributed by atoms with van der Waals surface area (Å²) in [5, 5.41) is 0. The predicted molar refractivity (Wildman–Crippen MR) is 94.1 cm³/mol. The van der Waals surface area contributed by atoms with Gasteiger partial charge >= 0.3 is 0 Å². The molecule has 0 N–H and O–H groups in total. The number of fused-ring (bicyclic) bond motifs is 2. The third kappa shape index (κ3) is 2.72. The van der Waals surface area contributed by atoms with Gasteiger partial charge in [-0.1, -0.05) is 0 Å². The lowest BCUT2D eigenvalue weighted by Gasteiger charge is -2.25. The molecular formula is C21H18F3NO3. The van der Waals surface area contributed by atoms with Crippen molar-refractivity contribution >= 4 is 5.91 Å². The minimum Gasteiger partial charge on any atom is -0.493 e. The second-order valence-corrected chi connectivity index (χ2v) is 7.40. The van der Waals surface area contributed by atoms with Gasteiger partial charge in [-0.15, -0.1) is 0 Å². The van der Waals surface area contributed by atoms with Crippen LogP contribution < -0.4 is 9.47 Å². The first-order valence-corrected chi connectivity index (χ1v) is 9.42. The summed E-state index contributed by atoms with van der Waals surface area (Å²) in [5.74, 6) is -3.44. The van der Waals surface area contributed by atoms with Gasteiger partial charge in [-0.3, -0.25) is 4.79 Å². The van der Waals surface area contributed by atoms with E-state index in [0.29, 0.717) is 19.6 Å². The lowest BCUT2D eigenvalue weighted by Crippen LogP contribution is -2.34. The van der Waals surface area contributed by atoms with E-state index in [2.05, 4.69) is 0 Å². The van der Waals surface area contributed by atoms with E-state index in [9.17, 15) is 18.0 Å². The van der Waals surface area contributed by atoms with Crippen molar-refractivity contribution in [3.05, 3.63) is 57.9 Å². The number of halogens is 3. The average molecular weight is 389 g/mol. The van der Waals surface area contributed by atoms with Crippen molar-refractivity contribution in [3.8, 4) is 11.5 Å². The number of carbonyl (C=O) groups is 1. The van der Waals surface area contributed by atoms with Crippen LogP contribution in [-0.2, 0) is 19.4 Å². The highest BCUT2D eigenvalue weighted by atomic mass is 19.2. The van der Waals surface area contributed by atoms with Crippen LogP contribution in [0.15, 0.2) is 18.2 Å². The van der Waals surface area contributed by atoms with Crippen LogP contribution in [0.2, 0.25) is 0 Å². The quantitative estimate of drug-likeness (QED) is 0.747. The maximum absolute atomic E-state index is 14.2. The minimum atomic E-state index is -1.63. The normalized spacial score (nSPS) is 17.0. The molecule has 0 radical (unpaired) electrons. The summed E-state index contributed by atoms with van der Waals surface area (Å²) >= 11 is 0. The maximum atomic E-state index is 14.2. The fourth-order valence-corrected chi connectivity index (χ4v) is 4.02. The Hall–Kier alpha value is -2.70. The van der Waals surface area contributed by atoms with Gasteiger partial charge in [0, 0.05) is 35.6 Å². The van der Waals surface area contributed by atoms with Gasteiger partial charge in [0.15, 0.2) is 17.5 Å². The first kappa shape index (κ1) is 17.4. The van der Waals surface area contributed by atoms with Gasteiger partial charge < -0.3 is 14.4 Å². The van der Waals surface area contributed by atoms with Crippen LogP contribution in [0, 0.1) is 17.5 Å². The number of rotatable bonds is 4. The highest BCUT2D eigenvalue weighted by Gasteiger charge is 2.37. The Kier molecular flexibility index (Phi) is 4.00. The van der Waals surface area contributed by atoms with E-state index < -0.39 is 28.9 Å². The molecular weight excluding hydrogens is 371 g/mol. The molecule has 3 aliphatic rings. The van der Waals surface area contributed by atoms with E-state index >= 15 is 0 Å². The van der Waals surface area contributed by atoms with Crippen LogP contribution in [0.1, 0.15) is 39.9 Å². The number of hydrogen-bond donors (Lipinski definition) is 0. The summed E-state index contributed by atoms with van der Waals surface area (Å²) in [6, 6.07) is 3.73. The van der Waals surface area contributed by atoms with Crippen LogP contribution in [0.25, 0.3) is 0 Å². The van der Waals surface area contributed by atoms with Crippen LogP contribution in [-0.4, -0.2) is 30.1 Å². The van der Waals surface area contributed by atoms with Crippen LogP contribution >= 0.6 is 0 Å². The molecule has 1 amide bonds. The molecule has 2 aliphatic heterocycles. The van der Waals surface area contributed by atoms with Crippen molar-refractivity contribution in [1.29, 1.82) is 0 Å². The van der Waals surface area contributed by atoms with Gasteiger partial charge in [-0.2, -0.15) is 0 Å². The second kappa shape index (κ2) is 6.43. The van der Waals surface area contributed by atoms with E-state index in [4.69, 9.17) is 9.47 Å². The molecule has 5 rings (SSSR count). The molecule has 0 atom stereocenters. The lowest BCUT2D eigenvalue weighted by atomic mass is 9.98. The Morgan fingerprint density at radius 3 is 2.64 bits per heavy atom. The fourth-order valence-electron chi connectivity index (χ4n) is 4.02. The number of hydrogen-bond acceptors (Lipinski definition) is 3. The Balaban J connectivity index is 1.54. The maximum Gasteiger partial charge on any atom is 0.257 e. The van der Waals surface area contributed by atoms with Gasteiger partial charge in [0.2, 0.25) is 0 Å². The third-order valence-corrected chi connectivity index (χ3v) is 5.60. The minimum absolute atomic E-state index is 0.0461. The van der Waals surface area contributed by atoms with E-state index in [1.165, 1.54) is 0 Å². The SMILES string of the molecule is O=C(c1ccc(F)c(F)c1F)N(Cc1c2c(cc3c1OCC3)OCC2)C1CC1. The Labute approximate surface area is 159 Å². The van der Waals surface area contributed by atoms with Crippen molar-refractivity contribution in [1.82, 2.24) is 4.90 Å². The highest BCUT2D eigenvalue weighted by Crippen LogP contribution is 2.42. The molecule has 28 heavy (non-hydrogen) atoms. The van der Waals surface area contributed by atoms with E-state index in [0.717, 1.165) is 59.6 Å². The molecule has 146 valence electrons. The zero-order valence-corrected chi connectivity index (χ0v) is 15.1. The van der Waals surface area contributed by atoms with E-state index in [1.807, 2.05) is 6.07 Å². The standard InChI is InChI=1S/C21H18F3NO3/c22-16-4-3-14(18(23)19(16)24)21(26)25(12-1-2-12)10-15-13-6-8-27-17(13)9-11-5-7-28-20(11)15/h3-4,9,12H,1-2,5-8,10H2. The summed E-state index contributed by atoms with van der Waals surface area (Å²) in [4.78, 5) is 14.6. The van der Waals surface area contributed by atoms with Crippen LogP contribution in [0.4, 0.5) is 13.2 Å². The number of ether oxygens (including phenoxy) is 2. The lowest BCUT2D eigenvalue weighted by molar-refractivity contribution is 0.0722. The van der Waals surface area contributed by atoms with Crippen molar-refractivity contribution in [2.45, 2.75) is 38.3 Å². The number of nitrogens with zero attached hydrogens (tertiary/aromatic N) is 1. The molecule has 1 aliphatic carbocycles. The molecule has 0 unspecified atom stereocenters. The van der Waals surface area contributed by atoms with Gasteiger partial charge in [0.1, 0.15) is 11.5 Å². The second-order valence-electron chi connectivity index (χ2n) is 7.40. The van der Waals surface area contributed by atoms with Gasteiger partial charge in [0.25, 0.3) is 5.91 Å². The first-order valence-electron chi connectivity index (χ1n) is 9.42. The molecule has 4 nitrogen and oxygen atoms in total. The molecule has 2 aromatic rings. The van der Waals surface area contributed by atoms with Crippen molar-refractivity contribution in [2.24, 2.45) is 0 Å². The summed E-state index contributed by atoms with van der Waals surface area (Å²) in [6.07, 6.45) is 3.08. The zero-order valence-electron chi connectivity index (χ0n) is 15.1. The van der Waals surface area contributed by atoms with Crippen LogP contribution in [0.5, 0.6) is 11.5 Å². The monoisotopic (exact) mass is 389 g/mol. The summed E-state index contributed by atoms with van der Waals surface area (Å²) < 4.78 is 52.7. The third-order valence-electron chi connectivity index (χ3n) is 5.60. The summed E-state index contributed by atoms with van der Waals surface area (Å²) in [5.41, 5.74) is 2.47. The zero-order chi connectivity index (χ0) is 19.4. The van der Waals surface area contributed by atoms with Crippen molar-refractivity contribution in [2.75, 3.05) is 13.2 Å². The molecule has 0 spiro atoms. The largest absolute Gasteiger partial charge is 0.493 e. The molecule has 1 saturated carbocycles.